The van der Waals surface area contributed by atoms with Crippen LogP contribution in [0.25, 0.3) is 0 Å². The van der Waals surface area contributed by atoms with Gasteiger partial charge in [-0.2, -0.15) is 0 Å². The molecule has 1 fully saturated rings. The van der Waals surface area contributed by atoms with Gasteiger partial charge in [0.2, 0.25) is 0 Å². The lowest BCUT2D eigenvalue weighted by Crippen LogP contribution is -2.40. The Hall–Kier alpha value is -0.870. The van der Waals surface area contributed by atoms with E-state index in [1.807, 2.05) is 13.8 Å². The minimum Gasteiger partial charge on any atom is -0.361 e. The Kier molecular flexibility index (Phi) is 3.84. The molecular formula is C13H23N3O. The summed E-state index contributed by atoms with van der Waals surface area (Å²) < 4.78 is 5.21. The highest BCUT2D eigenvalue weighted by Crippen LogP contribution is 2.24. The number of aryl methyl sites for hydroxylation is 2. The molecule has 3 atom stereocenters. The number of aromatic nitrogens is 1. The maximum atomic E-state index is 6.01. The summed E-state index contributed by atoms with van der Waals surface area (Å²) in [6.07, 6.45) is 4.69. The molecule has 1 aromatic heterocycles. The van der Waals surface area contributed by atoms with Crippen molar-refractivity contribution >= 4 is 0 Å². The summed E-state index contributed by atoms with van der Waals surface area (Å²) in [5.41, 5.74) is 8.20. The second-order valence-corrected chi connectivity index (χ2v) is 5.25. The van der Waals surface area contributed by atoms with Crippen molar-refractivity contribution in [1.82, 2.24) is 10.5 Å². The molecule has 1 aliphatic rings. The zero-order valence-corrected chi connectivity index (χ0v) is 11.0. The molecule has 1 saturated carbocycles. The van der Waals surface area contributed by atoms with E-state index in [9.17, 15) is 0 Å². The van der Waals surface area contributed by atoms with Crippen molar-refractivity contribution in [3.63, 3.8) is 0 Å². The van der Waals surface area contributed by atoms with Crippen LogP contribution in [0.3, 0.4) is 0 Å². The van der Waals surface area contributed by atoms with Gasteiger partial charge in [0.05, 0.1) is 5.69 Å². The van der Waals surface area contributed by atoms with Crippen LogP contribution in [0.5, 0.6) is 0 Å². The van der Waals surface area contributed by atoms with Crippen molar-refractivity contribution in [3.05, 3.63) is 17.0 Å². The molecule has 1 aromatic rings. The zero-order chi connectivity index (χ0) is 12.4. The first-order valence-electron chi connectivity index (χ1n) is 6.52. The van der Waals surface area contributed by atoms with E-state index in [-0.39, 0.29) is 6.04 Å². The lowest BCUT2D eigenvalue weighted by atomic mass is 9.90. The predicted molar refractivity (Wildman–Crippen MR) is 67.8 cm³/mol. The highest BCUT2D eigenvalue weighted by atomic mass is 16.5. The Morgan fingerprint density at radius 2 is 2.18 bits per heavy atom. The van der Waals surface area contributed by atoms with Crippen LogP contribution in [0, 0.1) is 13.8 Å². The Morgan fingerprint density at radius 3 is 2.76 bits per heavy atom. The Bertz CT molecular complexity index is 355. The van der Waals surface area contributed by atoms with Crippen LogP contribution in [0.15, 0.2) is 4.52 Å². The van der Waals surface area contributed by atoms with Crippen LogP contribution in [-0.2, 0) is 0 Å². The van der Waals surface area contributed by atoms with Crippen molar-refractivity contribution in [1.29, 1.82) is 0 Å². The quantitative estimate of drug-likeness (QED) is 0.846. The van der Waals surface area contributed by atoms with Crippen LogP contribution in [0.4, 0.5) is 0 Å². The molecule has 0 saturated heterocycles. The van der Waals surface area contributed by atoms with Gasteiger partial charge < -0.3 is 15.6 Å². The molecule has 2 rings (SSSR count). The van der Waals surface area contributed by atoms with Crippen molar-refractivity contribution in [2.45, 2.75) is 64.6 Å². The minimum absolute atomic E-state index is 0.288. The SMILES string of the molecule is Cc1noc(C)c1C(C)NC1CCCC(N)C1. The fraction of sp³-hybridized carbons (Fsp3) is 0.769. The van der Waals surface area contributed by atoms with Crippen molar-refractivity contribution in [3.8, 4) is 0 Å². The second-order valence-electron chi connectivity index (χ2n) is 5.25. The lowest BCUT2D eigenvalue weighted by Gasteiger charge is -2.30. The summed E-state index contributed by atoms with van der Waals surface area (Å²) in [4.78, 5) is 0. The fourth-order valence-electron chi connectivity index (χ4n) is 2.92. The van der Waals surface area contributed by atoms with Gasteiger partial charge in [-0.1, -0.05) is 11.6 Å². The summed E-state index contributed by atoms with van der Waals surface area (Å²) in [6.45, 7) is 6.14. The highest BCUT2D eigenvalue weighted by molar-refractivity contribution is 5.24. The predicted octanol–water partition coefficient (Wildman–Crippen LogP) is 2.21. The molecule has 17 heavy (non-hydrogen) atoms. The zero-order valence-electron chi connectivity index (χ0n) is 11.0. The third kappa shape index (κ3) is 2.87. The monoisotopic (exact) mass is 237 g/mol. The summed E-state index contributed by atoms with van der Waals surface area (Å²) in [5.74, 6) is 0.919. The van der Waals surface area contributed by atoms with E-state index in [2.05, 4.69) is 17.4 Å². The van der Waals surface area contributed by atoms with Crippen molar-refractivity contribution in [2.75, 3.05) is 0 Å². The molecule has 0 spiro atoms. The molecule has 4 nitrogen and oxygen atoms in total. The molecule has 0 radical (unpaired) electrons. The topological polar surface area (TPSA) is 64.1 Å². The summed E-state index contributed by atoms with van der Waals surface area (Å²) in [7, 11) is 0. The largest absolute Gasteiger partial charge is 0.361 e. The van der Waals surface area contributed by atoms with E-state index in [4.69, 9.17) is 10.3 Å². The molecule has 1 heterocycles. The summed E-state index contributed by atoms with van der Waals surface area (Å²) in [6, 6.07) is 1.18. The second kappa shape index (κ2) is 5.19. The number of nitrogens with zero attached hydrogens (tertiary/aromatic N) is 1. The first-order chi connectivity index (χ1) is 8.08. The van der Waals surface area contributed by atoms with Gasteiger partial charge >= 0.3 is 0 Å². The Morgan fingerprint density at radius 1 is 1.41 bits per heavy atom. The Labute approximate surface area is 103 Å². The number of nitrogens with one attached hydrogen (secondary N) is 1. The molecule has 0 aliphatic heterocycles. The molecule has 1 aliphatic carbocycles. The first-order valence-corrected chi connectivity index (χ1v) is 6.52. The van der Waals surface area contributed by atoms with Gasteiger partial charge in [0.1, 0.15) is 5.76 Å². The molecule has 0 amide bonds. The van der Waals surface area contributed by atoms with Crippen LogP contribution in [0.2, 0.25) is 0 Å². The number of nitrogens with two attached hydrogens (primary N) is 1. The van der Waals surface area contributed by atoms with Gasteiger partial charge in [0, 0.05) is 23.7 Å². The minimum atomic E-state index is 0.288. The average Bonchev–Trinajstić information content (AvgIpc) is 2.58. The van der Waals surface area contributed by atoms with E-state index in [0.717, 1.165) is 24.3 Å². The van der Waals surface area contributed by atoms with Gasteiger partial charge in [-0.25, -0.2) is 0 Å². The molecule has 0 aromatic carbocycles. The number of rotatable bonds is 3. The summed E-state index contributed by atoms with van der Waals surface area (Å²) >= 11 is 0. The molecule has 3 unspecified atom stereocenters. The van der Waals surface area contributed by atoms with E-state index < -0.39 is 0 Å². The van der Waals surface area contributed by atoms with E-state index in [1.165, 1.54) is 18.4 Å². The third-order valence-electron chi connectivity index (χ3n) is 3.72. The molecule has 0 bridgehead atoms. The van der Waals surface area contributed by atoms with E-state index in [0.29, 0.717) is 12.1 Å². The van der Waals surface area contributed by atoms with Crippen molar-refractivity contribution in [2.24, 2.45) is 5.73 Å². The maximum Gasteiger partial charge on any atom is 0.138 e. The maximum absolute atomic E-state index is 6.01. The number of hydrogen-bond acceptors (Lipinski definition) is 4. The standard InChI is InChI=1S/C13H23N3O/c1-8(13-9(2)16-17-10(13)3)15-12-6-4-5-11(14)7-12/h8,11-12,15H,4-7,14H2,1-3H3. The van der Waals surface area contributed by atoms with Crippen LogP contribution >= 0.6 is 0 Å². The van der Waals surface area contributed by atoms with Gasteiger partial charge in [0.15, 0.2) is 0 Å². The highest BCUT2D eigenvalue weighted by Gasteiger charge is 2.23. The average molecular weight is 237 g/mol. The fourth-order valence-corrected chi connectivity index (χ4v) is 2.92. The third-order valence-corrected chi connectivity index (χ3v) is 3.72. The Balaban J connectivity index is 1.99. The van der Waals surface area contributed by atoms with Gasteiger partial charge in [-0.05, 0) is 40.0 Å². The molecule has 4 heteroatoms. The smallest absolute Gasteiger partial charge is 0.138 e. The lowest BCUT2D eigenvalue weighted by molar-refractivity contribution is 0.317. The van der Waals surface area contributed by atoms with E-state index >= 15 is 0 Å². The van der Waals surface area contributed by atoms with Crippen LogP contribution in [-0.4, -0.2) is 17.2 Å². The number of hydrogen-bond donors (Lipinski definition) is 2. The van der Waals surface area contributed by atoms with Crippen LogP contribution in [0.1, 0.15) is 55.7 Å². The molecule has 3 N–H and O–H groups in total. The first kappa shape index (κ1) is 12.6. The van der Waals surface area contributed by atoms with E-state index in [1.54, 1.807) is 0 Å². The molecular weight excluding hydrogens is 214 g/mol. The van der Waals surface area contributed by atoms with Gasteiger partial charge in [-0.15, -0.1) is 0 Å². The van der Waals surface area contributed by atoms with Gasteiger partial charge in [0.25, 0.3) is 0 Å². The normalized spacial score (nSPS) is 27.1. The van der Waals surface area contributed by atoms with Gasteiger partial charge in [-0.3, -0.25) is 0 Å². The van der Waals surface area contributed by atoms with Crippen LogP contribution < -0.4 is 11.1 Å². The van der Waals surface area contributed by atoms with Crippen molar-refractivity contribution < 1.29 is 4.52 Å². The summed E-state index contributed by atoms with van der Waals surface area (Å²) in [5, 5.41) is 7.66. The molecule has 96 valence electrons.